The summed E-state index contributed by atoms with van der Waals surface area (Å²) in [5.74, 6) is 0.757. The summed E-state index contributed by atoms with van der Waals surface area (Å²) in [5.41, 5.74) is -0.311. The predicted octanol–water partition coefficient (Wildman–Crippen LogP) is 16.5. The van der Waals surface area contributed by atoms with Crippen LogP contribution < -0.4 is 0 Å². The van der Waals surface area contributed by atoms with Crippen molar-refractivity contribution in [2.75, 3.05) is 6.16 Å². The molecule has 0 heterocycles. The van der Waals surface area contributed by atoms with E-state index in [-0.39, 0.29) is 11.8 Å². The van der Waals surface area contributed by atoms with Crippen molar-refractivity contribution in [3.8, 4) is 0 Å². The fourth-order valence-corrected chi connectivity index (χ4v) is 10.7. The molecule has 304 valence electrons. The van der Waals surface area contributed by atoms with Crippen molar-refractivity contribution < 1.29 is 14.7 Å². The fourth-order valence-electron chi connectivity index (χ4n) is 8.03. The third-order valence-corrected chi connectivity index (χ3v) is 14.8. The van der Waals surface area contributed by atoms with Crippen LogP contribution in [0.3, 0.4) is 0 Å². The standard InChI is InChI=1S/C46H97O3P/c1-5-7-9-11-13-15-17-19-21-23-25-27-29-31-33-38-42-46(43-39-35-34-37-41-45(3)4)50(47,48,49)44-40-36-32-30-28-26-24-22-20-18-16-14-12-10-8-6-2/h45-49H,5-44H2,1-4H3. The minimum Gasteiger partial charge on any atom is -0.0654 e. The van der Waals surface area contributed by atoms with Crippen LogP contribution in [-0.4, -0.2) is 26.5 Å². The van der Waals surface area contributed by atoms with E-state index in [1.807, 2.05) is 0 Å². The summed E-state index contributed by atoms with van der Waals surface area (Å²) in [7, 11) is -4.62. The molecule has 0 spiro atoms. The SMILES string of the molecule is CCCCCCCCCCCCCCCCCCC(CCCCCCC(C)C)P(O)(O)(O)CCCCCCCCCCCCCCCCCC. The van der Waals surface area contributed by atoms with Crippen molar-refractivity contribution in [3.05, 3.63) is 0 Å². The van der Waals surface area contributed by atoms with Gasteiger partial charge in [-0.2, -0.15) is 0 Å². The average molecular weight is 729 g/mol. The van der Waals surface area contributed by atoms with Crippen LogP contribution in [0.1, 0.15) is 278 Å². The molecule has 1 unspecified atom stereocenters. The summed E-state index contributed by atoms with van der Waals surface area (Å²) in [6, 6.07) is 0. The Morgan fingerprint density at radius 1 is 0.300 bits per heavy atom. The summed E-state index contributed by atoms with van der Waals surface area (Å²) in [6.45, 7) is 9.16. The van der Waals surface area contributed by atoms with Crippen LogP contribution in [0.2, 0.25) is 0 Å². The van der Waals surface area contributed by atoms with Gasteiger partial charge in [0.05, 0.1) is 0 Å². The summed E-state index contributed by atoms with van der Waals surface area (Å²) in [6.07, 6.45) is 50.1. The molecule has 4 heteroatoms. The van der Waals surface area contributed by atoms with E-state index in [1.54, 1.807) is 0 Å². The Balaban J connectivity index is 4.19. The van der Waals surface area contributed by atoms with Crippen LogP contribution in [0, 0.1) is 5.92 Å². The minimum atomic E-state index is -4.62. The zero-order valence-corrected chi connectivity index (χ0v) is 36.1. The van der Waals surface area contributed by atoms with E-state index in [0.29, 0.717) is 0 Å². The molecule has 0 radical (unpaired) electrons. The fraction of sp³-hybridized carbons (Fsp3) is 1.00. The van der Waals surface area contributed by atoms with Crippen LogP contribution >= 0.6 is 7.28 Å². The number of hydrogen-bond donors (Lipinski definition) is 3. The van der Waals surface area contributed by atoms with Gasteiger partial charge in [0.15, 0.2) is 0 Å². The first-order valence-electron chi connectivity index (χ1n) is 23.5. The average Bonchev–Trinajstić information content (AvgIpc) is 3.08. The number of rotatable bonds is 42. The van der Waals surface area contributed by atoms with Crippen molar-refractivity contribution in [2.45, 2.75) is 284 Å². The Morgan fingerprint density at radius 2 is 0.520 bits per heavy atom. The molecular formula is C46H97O3P. The maximum atomic E-state index is 11.4. The third-order valence-electron chi connectivity index (χ3n) is 11.6. The Bertz CT molecular complexity index is 658. The van der Waals surface area contributed by atoms with Gasteiger partial charge in [0.25, 0.3) is 0 Å². The predicted molar refractivity (Wildman–Crippen MR) is 228 cm³/mol. The number of unbranched alkanes of at least 4 members (excludes halogenated alkanes) is 33. The Kier molecular flexibility index (Phi) is 36.5. The van der Waals surface area contributed by atoms with Crippen molar-refractivity contribution in [3.63, 3.8) is 0 Å². The zero-order chi connectivity index (χ0) is 36.9. The van der Waals surface area contributed by atoms with E-state index in [9.17, 15) is 14.7 Å². The van der Waals surface area contributed by atoms with Gasteiger partial charge in [0.1, 0.15) is 0 Å². The molecule has 0 aliphatic rings. The van der Waals surface area contributed by atoms with E-state index < -0.39 is 7.28 Å². The molecule has 0 aromatic rings. The van der Waals surface area contributed by atoms with Crippen molar-refractivity contribution >= 4 is 7.28 Å². The maximum absolute atomic E-state index is 11.4. The van der Waals surface area contributed by atoms with E-state index in [0.717, 1.165) is 63.7 Å². The Hall–Kier alpha value is 0.310. The normalized spacial score (nSPS) is 13.6. The molecule has 0 aliphatic carbocycles. The minimum absolute atomic E-state index is 0.223. The second-order valence-corrected chi connectivity index (χ2v) is 21.0. The molecule has 0 aromatic carbocycles. The van der Waals surface area contributed by atoms with Crippen LogP contribution in [0.5, 0.6) is 0 Å². The topological polar surface area (TPSA) is 60.7 Å². The van der Waals surface area contributed by atoms with Gasteiger partial charge < -0.3 is 0 Å². The van der Waals surface area contributed by atoms with E-state index in [1.165, 1.54) is 193 Å². The van der Waals surface area contributed by atoms with Crippen LogP contribution in [0.15, 0.2) is 0 Å². The van der Waals surface area contributed by atoms with Gasteiger partial charge in [-0.3, -0.25) is 0 Å². The first kappa shape index (κ1) is 50.3. The molecule has 50 heavy (non-hydrogen) atoms. The summed E-state index contributed by atoms with van der Waals surface area (Å²) >= 11 is 0. The third kappa shape index (κ3) is 35.3. The molecule has 0 aromatic heterocycles. The first-order chi connectivity index (χ1) is 24.2. The smallest absolute Gasteiger partial charge is 0.0654 e. The molecule has 3 nitrogen and oxygen atoms in total. The molecule has 0 bridgehead atoms. The molecule has 3 N–H and O–H groups in total. The van der Waals surface area contributed by atoms with Crippen LogP contribution in [0.25, 0.3) is 0 Å². The van der Waals surface area contributed by atoms with Crippen molar-refractivity contribution in [1.29, 1.82) is 0 Å². The molecule has 0 rings (SSSR count). The summed E-state index contributed by atoms with van der Waals surface area (Å²) in [5, 5.41) is 0. The van der Waals surface area contributed by atoms with Crippen molar-refractivity contribution in [1.82, 2.24) is 0 Å². The Morgan fingerprint density at radius 3 is 0.780 bits per heavy atom. The molecular weight excluding hydrogens is 631 g/mol. The van der Waals surface area contributed by atoms with Gasteiger partial charge in [-0.25, -0.2) is 0 Å². The molecule has 0 saturated heterocycles. The van der Waals surface area contributed by atoms with Gasteiger partial charge in [0.2, 0.25) is 0 Å². The van der Waals surface area contributed by atoms with E-state index in [2.05, 4.69) is 27.7 Å². The second kappa shape index (κ2) is 36.3. The van der Waals surface area contributed by atoms with Gasteiger partial charge in [-0.15, -0.1) is 0 Å². The Labute approximate surface area is 316 Å². The van der Waals surface area contributed by atoms with E-state index >= 15 is 0 Å². The first-order valence-corrected chi connectivity index (χ1v) is 25.8. The van der Waals surface area contributed by atoms with Gasteiger partial charge in [0, 0.05) is 0 Å². The van der Waals surface area contributed by atoms with Gasteiger partial charge >= 0.3 is 233 Å². The van der Waals surface area contributed by atoms with Gasteiger partial charge in [-0.05, 0) is 0 Å². The van der Waals surface area contributed by atoms with Crippen LogP contribution in [-0.2, 0) is 0 Å². The molecule has 0 amide bonds. The molecule has 0 aliphatic heterocycles. The second-order valence-electron chi connectivity index (χ2n) is 17.4. The van der Waals surface area contributed by atoms with E-state index in [4.69, 9.17) is 0 Å². The molecule has 1 atom stereocenters. The number of hydrogen-bond acceptors (Lipinski definition) is 3. The van der Waals surface area contributed by atoms with Gasteiger partial charge in [-0.1, -0.05) is 84.5 Å². The summed E-state index contributed by atoms with van der Waals surface area (Å²) in [4.78, 5) is 34.2. The monoisotopic (exact) mass is 729 g/mol. The van der Waals surface area contributed by atoms with Crippen molar-refractivity contribution in [2.24, 2.45) is 5.92 Å². The zero-order valence-electron chi connectivity index (χ0n) is 35.2. The van der Waals surface area contributed by atoms with Crippen LogP contribution in [0.4, 0.5) is 0 Å². The molecule has 0 fully saturated rings. The molecule has 0 saturated carbocycles. The quantitative estimate of drug-likeness (QED) is 0.0433. The summed E-state index contributed by atoms with van der Waals surface area (Å²) < 4.78 is 0.